The van der Waals surface area contributed by atoms with E-state index in [0.717, 1.165) is 12.8 Å². The molecule has 2 fully saturated rings. The topological polar surface area (TPSA) is 55.6 Å². The molecule has 0 aromatic heterocycles. The van der Waals surface area contributed by atoms with Crippen molar-refractivity contribution in [2.75, 3.05) is 13.1 Å². The van der Waals surface area contributed by atoms with Crippen LogP contribution < -0.4 is 5.73 Å². The van der Waals surface area contributed by atoms with Crippen molar-refractivity contribution in [3.8, 4) is 0 Å². The smallest absolute Gasteiger partial charge is 0.410 e. The van der Waals surface area contributed by atoms with Crippen molar-refractivity contribution < 1.29 is 9.53 Å². The number of rotatable bonds is 2. The molecule has 11 heavy (non-hydrogen) atoms. The number of fused-ring (bicyclic) bond motifs is 1. The van der Waals surface area contributed by atoms with Crippen LogP contribution in [0.1, 0.15) is 12.8 Å². The molecule has 4 nitrogen and oxygen atoms in total. The lowest BCUT2D eigenvalue weighted by molar-refractivity contribution is 0.0845. The molecule has 1 amide bonds. The summed E-state index contributed by atoms with van der Waals surface area (Å²) in [4.78, 5) is 12.8. The first-order valence-corrected chi connectivity index (χ1v) is 4.00. The lowest BCUT2D eigenvalue weighted by Gasteiger charge is -2.31. The summed E-state index contributed by atoms with van der Waals surface area (Å²) in [5.41, 5.74) is 5.35. The first-order valence-electron chi connectivity index (χ1n) is 4.00. The van der Waals surface area contributed by atoms with Gasteiger partial charge in [0.25, 0.3) is 0 Å². The molecule has 1 heterocycles. The van der Waals surface area contributed by atoms with Crippen LogP contribution in [0.3, 0.4) is 0 Å². The number of amides is 1. The van der Waals surface area contributed by atoms with Crippen molar-refractivity contribution in [2.45, 2.75) is 25.0 Å². The highest BCUT2D eigenvalue weighted by molar-refractivity contribution is 5.71. The molecule has 1 saturated heterocycles. The minimum Gasteiger partial charge on any atom is -0.444 e. The molecule has 1 aliphatic carbocycles. The van der Waals surface area contributed by atoms with Crippen LogP contribution in [0.15, 0.2) is 0 Å². The molecule has 2 N–H and O–H groups in total. The van der Waals surface area contributed by atoms with Gasteiger partial charge in [-0.3, -0.25) is 0 Å². The summed E-state index contributed by atoms with van der Waals surface area (Å²) in [5.74, 6) is 0. The second kappa shape index (κ2) is 2.37. The van der Waals surface area contributed by atoms with Crippen molar-refractivity contribution in [2.24, 2.45) is 5.73 Å². The van der Waals surface area contributed by atoms with Gasteiger partial charge in [0.05, 0.1) is 6.04 Å². The van der Waals surface area contributed by atoms with E-state index in [-0.39, 0.29) is 12.2 Å². The Morgan fingerprint density at radius 1 is 1.64 bits per heavy atom. The first-order chi connectivity index (χ1) is 5.33. The predicted octanol–water partition coefficient (Wildman–Crippen LogP) is -0.0717. The monoisotopic (exact) mass is 156 g/mol. The van der Waals surface area contributed by atoms with Gasteiger partial charge in [-0.1, -0.05) is 0 Å². The summed E-state index contributed by atoms with van der Waals surface area (Å²) in [6, 6.07) is 0.339. The Hall–Kier alpha value is -0.770. The summed E-state index contributed by atoms with van der Waals surface area (Å²) in [7, 11) is 0. The van der Waals surface area contributed by atoms with E-state index in [9.17, 15) is 4.79 Å². The fourth-order valence-corrected chi connectivity index (χ4v) is 1.67. The molecule has 0 aromatic rings. The van der Waals surface area contributed by atoms with E-state index in [1.807, 2.05) is 0 Å². The number of carbonyl (C=O) groups is 1. The number of hydrogen-bond acceptors (Lipinski definition) is 3. The largest absolute Gasteiger partial charge is 0.444 e. The van der Waals surface area contributed by atoms with Crippen molar-refractivity contribution >= 4 is 6.09 Å². The van der Waals surface area contributed by atoms with Gasteiger partial charge in [-0.25, -0.2) is 4.79 Å². The van der Waals surface area contributed by atoms with Gasteiger partial charge >= 0.3 is 6.09 Å². The molecule has 0 radical (unpaired) electrons. The standard InChI is InChI=1S/C7H12N2O2/c8-3-4-9-5-1-2-6(5)11-7(9)10/h5-6H,1-4,8H2/t5-,6+/m1/s1. The van der Waals surface area contributed by atoms with Crippen LogP contribution in [-0.4, -0.2) is 36.2 Å². The molecule has 2 atom stereocenters. The Bertz CT molecular complexity index is 183. The van der Waals surface area contributed by atoms with Crippen LogP contribution in [0.4, 0.5) is 4.79 Å². The first kappa shape index (κ1) is 6.91. The average Bonchev–Trinajstić information content (AvgIpc) is 2.13. The third-order valence-electron chi connectivity index (χ3n) is 2.43. The summed E-state index contributed by atoms with van der Waals surface area (Å²) in [6.07, 6.45) is 2.10. The van der Waals surface area contributed by atoms with Gasteiger partial charge < -0.3 is 15.4 Å². The Morgan fingerprint density at radius 2 is 2.45 bits per heavy atom. The highest BCUT2D eigenvalue weighted by Gasteiger charge is 2.47. The lowest BCUT2D eigenvalue weighted by Crippen LogP contribution is -2.45. The normalized spacial score (nSPS) is 34.6. The Balaban J connectivity index is 2.01. The maximum atomic E-state index is 11.1. The molecule has 0 bridgehead atoms. The third-order valence-corrected chi connectivity index (χ3v) is 2.43. The van der Waals surface area contributed by atoms with E-state index in [1.54, 1.807) is 4.90 Å². The maximum Gasteiger partial charge on any atom is 0.410 e. The number of nitrogens with two attached hydrogens (primary N) is 1. The van der Waals surface area contributed by atoms with Gasteiger partial charge in [-0.15, -0.1) is 0 Å². The molecule has 4 heteroatoms. The van der Waals surface area contributed by atoms with Gasteiger partial charge in [0.15, 0.2) is 0 Å². The number of ether oxygens (including phenoxy) is 1. The molecule has 2 rings (SSSR count). The molecule has 2 aliphatic rings. The van der Waals surface area contributed by atoms with E-state index >= 15 is 0 Å². The molecule has 62 valence electrons. The lowest BCUT2D eigenvalue weighted by atomic mass is 9.89. The highest BCUT2D eigenvalue weighted by Crippen LogP contribution is 2.34. The van der Waals surface area contributed by atoms with E-state index in [4.69, 9.17) is 10.5 Å². The van der Waals surface area contributed by atoms with Crippen molar-refractivity contribution in [1.29, 1.82) is 0 Å². The van der Waals surface area contributed by atoms with Gasteiger partial charge in [0, 0.05) is 13.1 Å². The van der Waals surface area contributed by atoms with E-state index < -0.39 is 0 Å². The van der Waals surface area contributed by atoms with Crippen molar-refractivity contribution in [3.05, 3.63) is 0 Å². The summed E-state index contributed by atoms with van der Waals surface area (Å²) in [5, 5.41) is 0. The van der Waals surface area contributed by atoms with Gasteiger partial charge in [-0.05, 0) is 12.8 Å². The molecule has 1 saturated carbocycles. The molecule has 0 unspecified atom stereocenters. The fraction of sp³-hybridized carbons (Fsp3) is 0.857. The zero-order valence-corrected chi connectivity index (χ0v) is 6.32. The number of nitrogens with zero attached hydrogens (tertiary/aromatic N) is 1. The number of carbonyl (C=O) groups excluding carboxylic acids is 1. The van der Waals surface area contributed by atoms with Crippen LogP contribution in [0.25, 0.3) is 0 Å². The zero-order valence-electron chi connectivity index (χ0n) is 6.32. The van der Waals surface area contributed by atoms with Crippen LogP contribution >= 0.6 is 0 Å². The quantitative estimate of drug-likeness (QED) is 0.608. The number of hydrogen-bond donors (Lipinski definition) is 1. The van der Waals surface area contributed by atoms with Gasteiger partial charge in [-0.2, -0.15) is 0 Å². The molecule has 0 aromatic carbocycles. The van der Waals surface area contributed by atoms with Gasteiger partial charge in [0.1, 0.15) is 6.10 Å². The molecular formula is C7H12N2O2. The highest BCUT2D eigenvalue weighted by atomic mass is 16.6. The van der Waals surface area contributed by atoms with E-state index in [1.165, 1.54) is 0 Å². The molecular weight excluding hydrogens is 144 g/mol. The Kier molecular flexibility index (Phi) is 1.49. The molecule has 0 spiro atoms. The second-order valence-corrected chi connectivity index (χ2v) is 3.05. The Morgan fingerprint density at radius 3 is 2.91 bits per heavy atom. The minimum atomic E-state index is -0.178. The summed E-state index contributed by atoms with van der Waals surface area (Å²) >= 11 is 0. The Labute approximate surface area is 65.3 Å². The van der Waals surface area contributed by atoms with Crippen molar-refractivity contribution in [1.82, 2.24) is 4.90 Å². The average molecular weight is 156 g/mol. The second-order valence-electron chi connectivity index (χ2n) is 3.05. The van der Waals surface area contributed by atoms with Gasteiger partial charge in [0.2, 0.25) is 0 Å². The van der Waals surface area contributed by atoms with Crippen LogP contribution in [0.2, 0.25) is 0 Å². The van der Waals surface area contributed by atoms with Crippen LogP contribution in [0.5, 0.6) is 0 Å². The zero-order chi connectivity index (χ0) is 7.84. The third kappa shape index (κ3) is 0.894. The SMILES string of the molecule is NCCN1C(=O)O[C@H]2CC[C@H]21. The van der Waals surface area contributed by atoms with E-state index in [0.29, 0.717) is 19.1 Å². The van der Waals surface area contributed by atoms with E-state index in [2.05, 4.69) is 0 Å². The molecule has 1 aliphatic heterocycles. The summed E-state index contributed by atoms with van der Waals surface area (Å²) in [6.45, 7) is 1.16. The van der Waals surface area contributed by atoms with Crippen LogP contribution in [0, 0.1) is 0 Å². The minimum absolute atomic E-state index is 0.175. The summed E-state index contributed by atoms with van der Waals surface area (Å²) < 4.78 is 5.06. The van der Waals surface area contributed by atoms with Crippen molar-refractivity contribution in [3.63, 3.8) is 0 Å². The maximum absolute atomic E-state index is 11.1. The van der Waals surface area contributed by atoms with Crippen LogP contribution in [-0.2, 0) is 4.74 Å². The predicted molar refractivity (Wildman–Crippen MR) is 39.1 cm³/mol. The fourth-order valence-electron chi connectivity index (χ4n) is 1.67.